The van der Waals surface area contributed by atoms with Crippen LogP contribution in [0.1, 0.15) is 41.0 Å². The lowest BCUT2D eigenvalue weighted by molar-refractivity contribution is 0.0690. The van der Waals surface area contributed by atoms with Gasteiger partial charge in [-0.15, -0.1) is 5.10 Å². The third-order valence-corrected chi connectivity index (χ3v) is 3.85. The van der Waals surface area contributed by atoms with Crippen molar-refractivity contribution in [3.8, 4) is 0 Å². The molecule has 1 aliphatic heterocycles. The third-order valence-electron chi connectivity index (χ3n) is 3.85. The van der Waals surface area contributed by atoms with Crippen LogP contribution in [0, 0.1) is 0 Å². The SMILES string of the molecule is CC(C)N1Cc2ccc(Cn3cc(C(=O)O)nn3)cc2C1. The fourth-order valence-corrected chi connectivity index (χ4v) is 2.60. The molecule has 0 fully saturated rings. The lowest BCUT2D eigenvalue weighted by Gasteiger charge is -2.18. The molecule has 21 heavy (non-hydrogen) atoms. The number of hydrogen-bond acceptors (Lipinski definition) is 4. The van der Waals surface area contributed by atoms with Gasteiger partial charge in [0.1, 0.15) is 0 Å². The van der Waals surface area contributed by atoms with Crippen molar-refractivity contribution in [1.29, 1.82) is 0 Å². The Morgan fingerprint density at radius 2 is 2.10 bits per heavy atom. The number of carboxylic acid groups (broad SMARTS) is 1. The lowest BCUT2D eigenvalue weighted by Crippen LogP contribution is -2.24. The van der Waals surface area contributed by atoms with Crippen molar-refractivity contribution in [2.45, 2.75) is 39.5 Å². The Bertz CT molecular complexity index is 678. The number of nitrogens with zero attached hydrogens (tertiary/aromatic N) is 4. The molecule has 3 rings (SSSR count). The number of hydrogen-bond donors (Lipinski definition) is 1. The minimum Gasteiger partial charge on any atom is -0.476 e. The normalized spacial score (nSPS) is 14.6. The average Bonchev–Trinajstić information content (AvgIpc) is 3.04. The summed E-state index contributed by atoms with van der Waals surface area (Å²) >= 11 is 0. The van der Waals surface area contributed by atoms with Crippen LogP contribution in [0.4, 0.5) is 0 Å². The van der Waals surface area contributed by atoms with E-state index in [2.05, 4.69) is 47.3 Å². The molecule has 0 aliphatic carbocycles. The second-order valence-corrected chi connectivity index (χ2v) is 5.71. The summed E-state index contributed by atoms with van der Waals surface area (Å²) in [6, 6.07) is 6.95. The minimum absolute atomic E-state index is 0.0258. The number of rotatable bonds is 4. The van der Waals surface area contributed by atoms with Crippen LogP contribution in [-0.2, 0) is 19.6 Å². The number of carboxylic acids is 1. The van der Waals surface area contributed by atoms with E-state index in [0.717, 1.165) is 18.7 Å². The zero-order valence-corrected chi connectivity index (χ0v) is 12.2. The second kappa shape index (κ2) is 5.29. The van der Waals surface area contributed by atoms with Crippen LogP contribution < -0.4 is 0 Å². The summed E-state index contributed by atoms with van der Waals surface area (Å²) in [5, 5.41) is 16.3. The molecule has 6 heteroatoms. The maximum Gasteiger partial charge on any atom is 0.358 e. The third kappa shape index (κ3) is 2.80. The predicted octanol–water partition coefficient (Wildman–Crippen LogP) is 1.75. The second-order valence-electron chi connectivity index (χ2n) is 5.71. The Hall–Kier alpha value is -2.21. The van der Waals surface area contributed by atoms with E-state index in [1.165, 1.54) is 17.3 Å². The molecule has 0 atom stereocenters. The molecule has 1 N–H and O–H groups in total. The molecule has 0 amide bonds. The smallest absolute Gasteiger partial charge is 0.358 e. The molecule has 2 aromatic rings. The maximum absolute atomic E-state index is 10.8. The van der Waals surface area contributed by atoms with E-state index < -0.39 is 5.97 Å². The Kier molecular flexibility index (Phi) is 3.47. The van der Waals surface area contributed by atoms with Crippen molar-refractivity contribution < 1.29 is 9.90 Å². The first kappa shape index (κ1) is 13.8. The molecule has 2 heterocycles. The first-order chi connectivity index (χ1) is 10.0. The predicted molar refractivity (Wildman–Crippen MR) is 76.9 cm³/mol. The molecule has 0 saturated carbocycles. The number of fused-ring (bicyclic) bond motifs is 1. The van der Waals surface area contributed by atoms with E-state index in [0.29, 0.717) is 12.6 Å². The van der Waals surface area contributed by atoms with E-state index >= 15 is 0 Å². The van der Waals surface area contributed by atoms with Gasteiger partial charge >= 0.3 is 5.97 Å². The summed E-state index contributed by atoms with van der Waals surface area (Å²) in [6.45, 7) is 6.92. The number of aromatic nitrogens is 3. The lowest BCUT2D eigenvalue weighted by atomic mass is 10.1. The molecule has 0 bridgehead atoms. The molecule has 1 aromatic carbocycles. The molecule has 0 unspecified atom stereocenters. The van der Waals surface area contributed by atoms with Crippen molar-refractivity contribution in [2.75, 3.05) is 0 Å². The number of carbonyl (C=O) groups is 1. The first-order valence-electron chi connectivity index (χ1n) is 7.01. The molecule has 110 valence electrons. The van der Waals surface area contributed by atoms with Gasteiger partial charge in [-0.25, -0.2) is 9.48 Å². The standard InChI is InChI=1S/C15H18N4O2/c1-10(2)18-7-12-4-3-11(5-13(12)8-18)6-19-9-14(15(20)21)16-17-19/h3-5,9-10H,6-8H2,1-2H3,(H,20,21). The molecule has 1 aliphatic rings. The van der Waals surface area contributed by atoms with Gasteiger partial charge in [0.2, 0.25) is 0 Å². The van der Waals surface area contributed by atoms with Crippen LogP contribution in [0.25, 0.3) is 0 Å². The average molecular weight is 286 g/mol. The van der Waals surface area contributed by atoms with Crippen molar-refractivity contribution in [3.63, 3.8) is 0 Å². The summed E-state index contributed by atoms with van der Waals surface area (Å²) < 4.78 is 1.56. The van der Waals surface area contributed by atoms with Crippen LogP contribution in [0.2, 0.25) is 0 Å². The van der Waals surface area contributed by atoms with E-state index in [1.807, 2.05) is 0 Å². The monoisotopic (exact) mass is 286 g/mol. The number of benzene rings is 1. The van der Waals surface area contributed by atoms with E-state index in [9.17, 15) is 4.79 Å². The highest BCUT2D eigenvalue weighted by atomic mass is 16.4. The topological polar surface area (TPSA) is 71.2 Å². The summed E-state index contributed by atoms with van der Waals surface area (Å²) in [4.78, 5) is 13.2. The summed E-state index contributed by atoms with van der Waals surface area (Å²) in [7, 11) is 0. The Morgan fingerprint density at radius 3 is 2.76 bits per heavy atom. The fraction of sp³-hybridized carbons (Fsp3) is 0.400. The molecule has 0 radical (unpaired) electrons. The quantitative estimate of drug-likeness (QED) is 0.927. The zero-order chi connectivity index (χ0) is 15.0. The summed E-state index contributed by atoms with van der Waals surface area (Å²) in [5.74, 6) is -1.05. The van der Waals surface area contributed by atoms with Gasteiger partial charge < -0.3 is 5.11 Å². The highest BCUT2D eigenvalue weighted by molar-refractivity contribution is 5.84. The van der Waals surface area contributed by atoms with Crippen molar-refractivity contribution in [3.05, 3.63) is 46.8 Å². The van der Waals surface area contributed by atoms with Crippen molar-refractivity contribution in [1.82, 2.24) is 19.9 Å². The fourth-order valence-electron chi connectivity index (χ4n) is 2.60. The molecule has 6 nitrogen and oxygen atoms in total. The van der Waals surface area contributed by atoms with Gasteiger partial charge in [-0.3, -0.25) is 4.90 Å². The molecular formula is C15H18N4O2. The highest BCUT2D eigenvalue weighted by Gasteiger charge is 2.21. The van der Waals surface area contributed by atoms with Crippen LogP contribution in [0.5, 0.6) is 0 Å². The van der Waals surface area contributed by atoms with Gasteiger partial charge in [-0.05, 0) is 30.5 Å². The van der Waals surface area contributed by atoms with Crippen molar-refractivity contribution >= 4 is 5.97 Å². The van der Waals surface area contributed by atoms with Gasteiger partial charge in [0, 0.05) is 19.1 Å². The van der Waals surface area contributed by atoms with Crippen LogP contribution in [-0.4, -0.2) is 37.0 Å². The summed E-state index contributed by atoms with van der Waals surface area (Å²) in [6.07, 6.45) is 1.45. The largest absolute Gasteiger partial charge is 0.476 e. The van der Waals surface area contributed by atoms with Crippen molar-refractivity contribution in [2.24, 2.45) is 0 Å². The maximum atomic E-state index is 10.8. The zero-order valence-electron chi connectivity index (χ0n) is 12.2. The minimum atomic E-state index is -1.05. The molecule has 1 aromatic heterocycles. The van der Waals surface area contributed by atoms with Gasteiger partial charge in [-0.1, -0.05) is 23.4 Å². The Morgan fingerprint density at radius 1 is 1.33 bits per heavy atom. The number of aromatic carboxylic acids is 1. The van der Waals surface area contributed by atoms with Crippen LogP contribution >= 0.6 is 0 Å². The molecule has 0 saturated heterocycles. The first-order valence-corrected chi connectivity index (χ1v) is 7.01. The molecule has 0 spiro atoms. The Balaban J connectivity index is 1.76. The summed E-state index contributed by atoms with van der Waals surface area (Å²) in [5.41, 5.74) is 3.81. The van der Waals surface area contributed by atoms with E-state index in [4.69, 9.17) is 5.11 Å². The van der Waals surface area contributed by atoms with Crippen LogP contribution in [0.3, 0.4) is 0 Å². The van der Waals surface area contributed by atoms with Gasteiger partial charge in [0.05, 0.1) is 12.7 Å². The van der Waals surface area contributed by atoms with Gasteiger partial charge in [0.15, 0.2) is 5.69 Å². The van der Waals surface area contributed by atoms with Gasteiger partial charge in [0.25, 0.3) is 0 Å². The molecular weight excluding hydrogens is 268 g/mol. The van der Waals surface area contributed by atoms with Crippen LogP contribution in [0.15, 0.2) is 24.4 Å². The van der Waals surface area contributed by atoms with E-state index in [-0.39, 0.29) is 5.69 Å². The van der Waals surface area contributed by atoms with E-state index in [1.54, 1.807) is 4.68 Å². The van der Waals surface area contributed by atoms with Gasteiger partial charge in [-0.2, -0.15) is 0 Å². The highest BCUT2D eigenvalue weighted by Crippen LogP contribution is 2.25. The Labute approximate surface area is 123 Å².